The van der Waals surface area contributed by atoms with E-state index < -0.39 is 57.2 Å². The Labute approximate surface area is 180 Å². The molecule has 3 N–H and O–H groups in total. The van der Waals surface area contributed by atoms with E-state index in [9.17, 15) is 35.2 Å². The molecule has 0 spiro atoms. The molecule has 0 unspecified atom stereocenters. The molecule has 0 aliphatic heterocycles. The lowest BCUT2D eigenvalue weighted by Crippen LogP contribution is -2.23. The van der Waals surface area contributed by atoms with E-state index in [0.717, 1.165) is 0 Å². The molecule has 0 fully saturated rings. The molecule has 3 rings (SSSR count). The number of aromatic nitrogens is 2. The first kappa shape index (κ1) is 22.9. The van der Waals surface area contributed by atoms with Gasteiger partial charge in [-0.1, -0.05) is 0 Å². The fourth-order valence-electron chi connectivity index (χ4n) is 2.54. The van der Waals surface area contributed by atoms with Gasteiger partial charge in [-0.2, -0.15) is 13.2 Å². The third-order valence-corrected chi connectivity index (χ3v) is 5.90. The Kier molecular flexibility index (Phi) is 6.23. The fourth-order valence-corrected chi connectivity index (χ4v) is 4.05. The minimum Gasteiger partial charge on any atom is -0.345 e. The van der Waals surface area contributed by atoms with Crippen molar-refractivity contribution in [2.24, 2.45) is 0 Å². The van der Waals surface area contributed by atoms with Crippen LogP contribution in [0.1, 0.15) is 16.8 Å². The minimum atomic E-state index is -4.75. The average molecular weight is 527 g/mol. The number of anilines is 2. The monoisotopic (exact) mass is 526 g/mol. The van der Waals surface area contributed by atoms with Crippen molar-refractivity contribution in [3.8, 4) is 0 Å². The maximum atomic E-state index is 14.7. The highest BCUT2D eigenvalue weighted by molar-refractivity contribution is 9.10. The second kappa shape index (κ2) is 8.42. The summed E-state index contributed by atoms with van der Waals surface area (Å²) in [4.78, 5) is 19.3. The summed E-state index contributed by atoms with van der Waals surface area (Å²) in [5.74, 6) is -5.50. The molecule has 1 amide bonds. The number of nitrogens with one attached hydrogen (secondary N) is 3. The summed E-state index contributed by atoms with van der Waals surface area (Å²) >= 11 is 3.26. The molecule has 0 saturated heterocycles. The first-order valence-electron chi connectivity index (χ1n) is 8.35. The number of sulfonamides is 1. The number of nitrogens with zero attached hydrogens (tertiary/aromatic N) is 1. The van der Waals surface area contributed by atoms with Crippen molar-refractivity contribution in [2.45, 2.75) is 12.6 Å². The van der Waals surface area contributed by atoms with E-state index >= 15 is 0 Å². The smallest absolute Gasteiger partial charge is 0.345 e. The summed E-state index contributed by atoms with van der Waals surface area (Å²) in [7, 11) is -4.61. The van der Waals surface area contributed by atoms with E-state index in [-0.39, 0.29) is 5.69 Å². The number of aromatic amines is 1. The van der Waals surface area contributed by atoms with Gasteiger partial charge >= 0.3 is 6.18 Å². The Morgan fingerprint density at radius 3 is 2.61 bits per heavy atom. The summed E-state index contributed by atoms with van der Waals surface area (Å²) < 4.78 is 91.4. The minimum absolute atomic E-state index is 0.0905. The van der Waals surface area contributed by atoms with Gasteiger partial charge in [0, 0.05) is 16.1 Å². The second-order valence-electron chi connectivity index (χ2n) is 6.28. The summed E-state index contributed by atoms with van der Waals surface area (Å²) in [6, 6.07) is 2.75. The third-order valence-electron chi connectivity index (χ3n) is 3.98. The van der Waals surface area contributed by atoms with Crippen molar-refractivity contribution in [1.82, 2.24) is 9.97 Å². The molecular weight excluding hydrogens is 515 g/mol. The molecule has 14 heteroatoms. The van der Waals surface area contributed by atoms with Crippen LogP contribution >= 0.6 is 15.9 Å². The number of rotatable bonds is 6. The zero-order valence-electron chi connectivity index (χ0n) is 15.1. The fraction of sp³-hybridized carbons (Fsp3) is 0.176. The number of benzene rings is 1. The maximum absolute atomic E-state index is 14.7. The van der Waals surface area contributed by atoms with Crippen LogP contribution in [0.15, 0.2) is 35.1 Å². The Hall–Kier alpha value is -2.74. The highest BCUT2D eigenvalue weighted by atomic mass is 79.9. The number of pyridine rings is 1. The standard InChI is InChI=1S/C17H12BrF5N4O3S/c18-10-7-25-15-9(10)5-8(6-24-15)26-16(28)13-11(19)1-2-12(14(13)20)27-31(29,30)4-3-17(21,22)23/h1-2,5-7,27H,3-4H2,(H,24,25)(H,26,28). The molecule has 0 saturated carbocycles. The molecule has 0 aliphatic carbocycles. The van der Waals surface area contributed by atoms with E-state index in [1.807, 2.05) is 0 Å². The normalized spacial score (nSPS) is 12.2. The number of halogens is 6. The molecule has 3 aromatic rings. The topological polar surface area (TPSA) is 104 Å². The van der Waals surface area contributed by atoms with Crippen LogP contribution in [-0.4, -0.2) is 36.2 Å². The average Bonchev–Trinajstić information content (AvgIpc) is 3.03. The van der Waals surface area contributed by atoms with Crippen LogP contribution in [0.5, 0.6) is 0 Å². The van der Waals surface area contributed by atoms with Gasteiger partial charge in [0.05, 0.1) is 29.7 Å². The van der Waals surface area contributed by atoms with Gasteiger partial charge < -0.3 is 10.3 Å². The molecule has 2 heterocycles. The molecule has 0 atom stereocenters. The lowest BCUT2D eigenvalue weighted by molar-refractivity contribution is -0.129. The van der Waals surface area contributed by atoms with Crippen molar-refractivity contribution in [1.29, 1.82) is 0 Å². The lowest BCUT2D eigenvalue weighted by atomic mass is 10.1. The predicted molar refractivity (Wildman–Crippen MR) is 106 cm³/mol. The molecule has 2 aromatic heterocycles. The van der Waals surface area contributed by atoms with Crippen molar-refractivity contribution < 1.29 is 35.2 Å². The molecule has 0 radical (unpaired) electrons. The number of fused-ring (bicyclic) bond motifs is 1. The Balaban J connectivity index is 1.85. The van der Waals surface area contributed by atoms with Gasteiger partial charge in [0.2, 0.25) is 10.0 Å². The quantitative estimate of drug-likeness (QED) is 0.410. The van der Waals surface area contributed by atoms with Gasteiger partial charge in [-0.05, 0) is 34.1 Å². The first-order chi connectivity index (χ1) is 14.4. The number of hydrogen-bond donors (Lipinski definition) is 3. The lowest BCUT2D eigenvalue weighted by Gasteiger charge is -2.13. The maximum Gasteiger partial charge on any atom is 0.390 e. The second-order valence-corrected chi connectivity index (χ2v) is 8.98. The van der Waals surface area contributed by atoms with Gasteiger partial charge in [0.15, 0.2) is 5.82 Å². The van der Waals surface area contributed by atoms with Crippen LogP contribution in [-0.2, 0) is 10.0 Å². The van der Waals surface area contributed by atoms with E-state index in [0.29, 0.717) is 27.6 Å². The highest BCUT2D eigenvalue weighted by Gasteiger charge is 2.31. The molecule has 1 aromatic carbocycles. The number of carbonyl (C=O) groups excluding carboxylic acids is 1. The van der Waals surface area contributed by atoms with Crippen LogP contribution in [0.3, 0.4) is 0 Å². The molecule has 31 heavy (non-hydrogen) atoms. The number of hydrogen-bond acceptors (Lipinski definition) is 4. The SMILES string of the molecule is O=C(Nc1cnc2[nH]cc(Br)c2c1)c1c(F)ccc(NS(=O)(=O)CCC(F)(F)F)c1F. The van der Waals surface area contributed by atoms with Gasteiger partial charge in [0.25, 0.3) is 5.91 Å². The van der Waals surface area contributed by atoms with Gasteiger partial charge in [-0.25, -0.2) is 22.2 Å². The van der Waals surface area contributed by atoms with Crippen LogP contribution in [0.25, 0.3) is 11.0 Å². The molecule has 7 nitrogen and oxygen atoms in total. The van der Waals surface area contributed by atoms with Crippen LogP contribution < -0.4 is 10.0 Å². The number of alkyl halides is 3. The van der Waals surface area contributed by atoms with Gasteiger partial charge in [-0.3, -0.25) is 9.52 Å². The predicted octanol–water partition coefficient (Wildman–Crippen LogP) is 4.55. The number of amides is 1. The third kappa shape index (κ3) is 5.50. The Morgan fingerprint density at radius 2 is 1.94 bits per heavy atom. The zero-order chi connectivity index (χ0) is 23.0. The summed E-state index contributed by atoms with van der Waals surface area (Å²) in [5, 5.41) is 2.82. The van der Waals surface area contributed by atoms with Crippen molar-refractivity contribution in [3.05, 3.63) is 52.3 Å². The highest BCUT2D eigenvalue weighted by Crippen LogP contribution is 2.27. The zero-order valence-corrected chi connectivity index (χ0v) is 17.6. The number of carbonyl (C=O) groups is 1. The van der Waals surface area contributed by atoms with Crippen LogP contribution in [0, 0.1) is 11.6 Å². The first-order valence-corrected chi connectivity index (χ1v) is 10.8. The Morgan fingerprint density at radius 1 is 1.23 bits per heavy atom. The molecule has 0 bridgehead atoms. The molecule has 0 aliphatic rings. The summed E-state index contributed by atoms with van der Waals surface area (Å²) in [5.41, 5.74) is -1.41. The van der Waals surface area contributed by atoms with Crippen molar-refractivity contribution in [2.75, 3.05) is 15.8 Å². The Bertz CT molecular complexity index is 1260. The van der Waals surface area contributed by atoms with E-state index in [1.54, 1.807) is 10.9 Å². The van der Waals surface area contributed by atoms with E-state index in [4.69, 9.17) is 0 Å². The largest absolute Gasteiger partial charge is 0.390 e. The number of H-pyrrole nitrogens is 1. The van der Waals surface area contributed by atoms with Gasteiger partial charge in [-0.15, -0.1) is 0 Å². The van der Waals surface area contributed by atoms with Crippen LogP contribution in [0.2, 0.25) is 0 Å². The van der Waals surface area contributed by atoms with Crippen LogP contribution in [0.4, 0.5) is 33.3 Å². The molecule has 166 valence electrons. The van der Waals surface area contributed by atoms with E-state index in [1.165, 1.54) is 12.3 Å². The molecular formula is C17H12BrF5N4O3S. The summed E-state index contributed by atoms with van der Waals surface area (Å²) in [6.07, 6.45) is -3.59. The van der Waals surface area contributed by atoms with Crippen molar-refractivity contribution >= 4 is 54.3 Å². The van der Waals surface area contributed by atoms with E-state index in [2.05, 4.69) is 31.2 Å². The van der Waals surface area contributed by atoms with Gasteiger partial charge in [0.1, 0.15) is 17.0 Å². The summed E-state index contributed by atoms with van der Waals surface area (Å²) in [6.45, 7) is 0. The van der Waals surface area contributed by atoms with Crippen molar-refractivity contribution in [3.63, 3.8) is 0 Å².